The molecule has 0 fully saturated rings. The predicted octanol–water partition coefficient (Wildman–Crippen LogP) is 1.77. The molecular weight excluding hydrogens is 248 g/mol. The number of allylic oxidation sites excluding steroid dienone is 2. The van der Waals surface area contributed by atoms with Crippen LogP contribution in [0.3, 0.4) is 0 Å². The fourth-order valence-corrected chi connectivity index (χ4v) is 2.50. The molecule has 1 heterocycles. The Morgan fingerprint density at radius 1 is 1.39 bits per heavy atom. The summed E-state index contributed by atoms with van der Waals surface area (Å²) in [5.74, 6) is 0. The monoisotopic (exact) mass is 262 g/mol. The van der Waals surface area contributed by atoms with Crippen LogP contribution in [0.5, 0.6) is 0 Å². The van der Waals surface area contributed by atoms with E-state index in [0.717, 1.165) is 5.56 Å². The van der Waals surface area contributed by atoms with Crippen LogP contribution >= 0.6 is 0 Å². The van der Waals surface area contributed by atoms with Crippen molar-refractivity contribution in [2.45, 2.75) is 13.5 Å². The van der Waals surface area contributed by atoms with E-state index in [9.17, 15) is 9.42 Å². The number of nitrogens with zero attached hydrogens (tertiary/aromatic N) is 1. The maximum absolute atomic E-state index is 13.0. The molecule has 0 aromatic heterocycles. The maximum Gasteiger partial charge on any atom is 0.239 e. The summed E-state index contributed by atoms with van der Waals surface area (Å²) in [5.41, 5.74) is 7.60. The second-order valence-corrected chi connectivity index (χ2v) is 4.62. The molecule has 0 amide bonds. The zero-order valence-corrected chi connectivity index (χ0v) is 10.8. The molecule has 0 spiro atoms. The van der Waals surface area contributed by atoms with Crippen LogP contribution in [0.15, 0.2) is 48.2 Å². The summed E-state index contributed by atoms with van der Waals surface area (Å²) in [6.45, 7) is 2.03. The second-order valence-electron chi connectivity index (χ2n) is 4.07. The molecule has 2 rings (SSSR count). The molecule has 0 saturated carbocycles. The summed E-state index contributed by atoms with van der Waals surface area (Å²) < 4.78 is 10.4. The normalized spacial score (nSPS) is 22.8. The Hall–Kier alpha value is -1.53. The van der Waals surface area contributed by atoms with E-state index in [1.807, 2.05) is 12.1 Å². The van der Waals surface area contributed by atoms with Crippen LogP contribution in [0.25, 0.3) is 0 Å². The molecule has 1 aromatic rings. The number of quaternary nitrogens is 1. The molecule has 1 unspecified atom stereocenters. The van der Waals surface area contributed by atoms with Gasteiger partial charge in [-0.3, -0.25) is 4.65 Å². The van der Waals surface area contributed by atoms with Crippen molar-refractivity contribution < 1.29 is 4.21 Å². The lowest BCUT2D eigenvalue weighted by Gasteiger charge is -2.40. The van der Waals surface area contributed by atoms with Gasteiger partial charge in [-0.1, -0.05) is 18.2 Å². The number of hydroxylamine groups is 2. The number of rotatable bonds is 2. The van der Waals surface area contributed by atoms with Crippen LogP contribution in [0.2, 0.25) is 0 Å². The van der Waals surface area contributed by atoms with E-state index < -0.39 is 4.65 Å². The predicted molar refractivity (Wildman–Crippen MR) is 75.5 cm³/mol. The van der Waals surface area contributed by atoms with Gasteiger partial charge in [0, 0.05) is 23.7 Å². The number of nitrogens with two attached hydrogens (primary N) is 1. The van der Waals surface area contributed by atoms with Crippen LogP contribution in [0, 0.1) is 5.21 Å². The molecule has 1 aliphatic heterocycles. The summed E-state index contributed by atoms with van der Waals surface area (Å²) in [6.07, 6.45) is 4.90. The van der Waals surface area contributed by atoms with Gasteiger partial charge in [0.1, 0.15) is 11.9 Å². The van der Waals surface area contributed by atoms with Gasteiger partial charge in [-0.25, -0.2) is 4.21 Å². The minimum Gasteiger partial charge on any atom is -0.616 e. The topological polar surface area (TPSA) is 66.2 Å². The standard InChI is InChI=1S/C13H14N2O2S/c1-10-5-4-8-15(16,13(10)18-17)12-7-3-2-6-11(12)9-14/h2-8H,9,14H2,1H3. The summed E-state index contributed by atoms with van der Waals surface area (Å²) in [7, 11) is 0. The lowest BCUT2D eigenvalue weighted by Crippen LogP contribution is -2.46. The van der Waals surface area contributed by atoms with E-state index in [2.05, 4.69) is 0 Å². The highest BCUT2D eigenvalue weighted by Crippen LogP contribution is 2.31. The van der Waals surface area contributed by atoms with Crippen LogP contribution in [-0.2, 0) is 17.8 Å². The molecule has 1 aliphatic rings. The summed E-state index contributed by atoms with van der Waals surface area (Å²) >= 11 is 0.241. The summed E-state index contributed by atoms with van der Waals surface area (Å²) in [5, 5.41) is 13.0. The fraction of sp³-hybridized carbons (Fsp3) is 0.154. The van der Waals surface area contributed by atoms with E-state index in [4.69, 9.17) is 5.73 Å². The molecule has 4 nitrogen and oxygen atoms in total. The van der Waals surface area contributed by atoms with Gasteiger partial charge >= 0.3 is 0 Å². The molecule has 0 aliphatic carbocycles. The first-order chi connectivity index (χ1) is 8.63. The van der Waals surface area contributed by atoms with Crippen molar-refractivity contribution in [2.75, 3.05) is 0 Å². The minimum absolute atomic E-state index is 0.235. The number of benzene rings is 1. The molecule has 2 N–H and O–H groups in total. The minimum atomic E-state index is -0.857. The van der Waals surface area contributed by atoms with Gasteiger partial charge in [-0.05, 0) is 19.1 Å². The summed E-state index contributed by atoms with van der Waals surface area (Å²) in [6, 6.07) is 7.13. The Bertz CT molecular complexity index is 588. The molecule has 1 aromatic carbocycles. The quantitative estimate of drug-likeness (QED) is 0.502. The molecule has 5 heteroatoms. The zero-order valence-electron chi connectivity index (χ0n) is 10.00. The third-order valence-corrected chi connectivity index (χ3v) is 3.68. The van der Waals surface area contributed by atoms with Crippen molar-refractivity contribution in [3.63, 3.8) is 0 Å². The Morgan fingerprint density at radius 3 is 2.78 bits per heavy atom. The number of para-hydroxylation sites is 1. The van der Waals surface area contributed by atoms with Crippen molar-refractivity contribution in [3.05, 3.63) is 59.0 Å². The smallest absolute Gasteiger partial charge is 0.239 e. The lowest BCUT2D eigenvalue weighted by molar-refractivity contribution is 0.692. The van der Waals surface area contributed by atoms with Crippen molar-refractivity contribution in [1.82, 2.24) is 4.65 Å². The second kappa shape index (κ2) is 4.99. The van der Waals surface area contributed by atoms with Gasteiger partial charge in [0.25, 0.3) is 0 Å². The Labute approximate surface area is 109 Å². The van der Waals surface area contributed by atoms with Crippen LogP contribution in [-0.4, -0.2) is 9.20 Å². The van der Waals surface area contributed by atoms with Crippen molar-refractivity contribution in [2.24, 2.45) is 5.73 Å². The highest BCUT2D eigenvalue weighted by atomic mass is 32.1. The van der Waals surface area contributed by atoms with Gasteiger partial charge in [0.15, 0.2) is 11.3 Å². The zero-order chi connectivity index (χ0) is 13.2. The van der Waals surface area contributed by atoms with Gasteiger partial charge in [-0.2, -0.15) is 0 Å². The molecule has 18 heavy (non-hydrogen) atoms. The Balaban J connectivity index is 2.65. The van der Waals surface area contributed by atoms with Crippen molar-refractivity contribution in [1.29, 1.82) is 0 Å². The van der Waals surface area contributed by atoms with Crippen LogP contribution in [0.1, 0.15) is 12.5 Å². The molecule has 1 atom stereocenters. The molecule has 0 saturated heterocycles. The molecule has 94 valence electrons. The van der Waals surface area contributed by atoms with Crippen LogP contribution < -0.4 is 10.4 Å². The third-order valence-electron chi connectivity index (χ3n) is 2.93. The first-order valence-electron chi connectivity index (χ1n) is 5.55. The summed E-state index contributed by atoms with van der Waals surface area (Å²) in [4.78, 5) is 0.235. The maximum atomic E-state index is 13.0. The lowest BCUT2D eigenvalue weighted by atomic mass is 10.1. The fourth-order valence-electron chi connectivity index (χ4n) is 2.03. The third kappa shape index (κ3) is 1.97. The van der Waals surface area contributed by atoms with Crippen molar-refractivity contribution >= 4 is 21.9 Å². The molecule has 0 bridgehead atoms. The van der Waals surface area contributed by atoms with E-state index in [1.165, 1.54) is 6.20 Å². The number of hydrogen-bond donors (Lipinski definition) is 1. The van der Waals surface area contributed by atoms with E-state index >= 15 is 0 Å². The van der Waals surface area contributed by atoms with E-state index in [-0.39, 0.29) is 22.8 Å². The van der Waals surface area contributed by atoms with Gasteiger partial charge in [-0.15, -0.1) is 0 Å². The highest BCUT2D eigenvalue weighted by molar-refractivity contribution is 7.67. The Kier molecular flexibility index (Phi) is 3.58. The van der Waals surface area contributed by atoms with Gasteiger partial charge in [0.05, 0.1) is 0 Å². The molecular formula is C13H14N2O2S. The average Bonchev–Trinajstić information content (AvgIpc) is 2.39. The Morgan fingerprint density at radius 2 is 2.11 bits per heavy atom. The first kappa shape index (κ1) is 12.9. The van der Waals surface area contributed by atoms with Gasteiger partial charge < -0.3 is 10.9 Å². The van der Waals surface area contributed by atoms with Gasteiger partial charge in [0.2, 0.25) is 4.99 Å². The largest absolute Gasteiger partial charge is 0.616 e. The molecule has 0 radical (unpaired) electrons. The van der Waals surface area contributed by atoms with E-state index in [0.29, 0.717) is 11.3 Å². The first-order valence-corrected chi connectivity index (χ1v) is 6.29. The van der Waals surface area contributed by atoms with E-state index in [1.54, 1.807) is 31.2 Å². The number of hydrogen-bond acceptors (Lipinski definition) is 3. The van der Waals surface area contributed by atoms with Crippen molar-refractivity contribution in [3.8, 4) is 0 Å². The van der Waals surface area contributed by atoms with Crippen LogP contribution in [0.4, 0.5) is 5.69 Å². The SMILES string of the molecule is CC1=CC=C[N+]([O-])(c2ccccc2CN)C1=S=O. The average molecular weight is 262 g/mol. The highest BCUT2D eigenvalue weighted by Gasteiger charge is 2.30.